The minimum atomic E-state index is -1.12. The zero-order valence-corrected chi connectivity index (χ0v) is 37.7. The summed E-state index contributed by atoms with van der Waals surface area (Å²) in [6, 6.07) is 27.7. The normalized spacial score (nSPS) is 13.7. The second kappa shape index (κ2) is 20.5. The number of nitrogens with zero attached hydrogens (tertiary/aromatic N) is 6. The number of phenols is 1. The highest BCUT2D eigenvalue weighted by atomic mass is 35.5. The van der Waals surface area contributed by atoms with Crippen molar-refractivity contribution in [3.8, 4) is 61.8 Å². The molecule has 1 atom stereocenters. The molecular formula is C49H49ClN6O7S. The Kier molecular flexibility index (Phi) is 14.2. The van der Waals surface area contributed by atoms with Crippen LogP contribution in [-0.2, 0) is 22.6 Å². The molecule has 0 radical (unpaired) electrons. The van der Waals surface area contributed by atoms with Gasteiger partial charge in [0.2, 0.25) is 12.0 Å². The maximum absolute atomic E-state index is 13.8. The highest BCUT2D eigenvalue weighted by molar-refractivity contribution is 7.22. The Bertz CT molecular complexity index is 2730. The number of rotatable bonds is 17. The van der Waals surface area contributed by atoms with E-state index in [9.17, 15) is 9.90 Å². The summed E-state index contributed by atoms with van der Waals surface area (Å²) in [4.78, 5) is 38.6. The van der Waals surface area contributed by atoms with Crippen molar-refractivity contribution in [2.24, 2.45) is 0 Å². The monoisotopic (exact) mass is 900 g/mol. The molecule has 4 heterocycles. The topological polar surface area (TPSA) is 141 Å². The highest BCUT2D eigenvalue weighted by Gasteiger charge is 2.29. The Hall–Kier alpha value is -6.32. The third kappa shape index (κ3) is 10.1. The van der Waals surface area contributed by atoms with Crippen molar-refractivity contribution in [2.45, 2.75) is 33.0 Å². The molecule has 1 aliphatic heterocycles. The number of aromatic hydroxyl groups is 1. The van der Waals surface area contributed by atoms with Crippen LogP contribution in [0.5, 0.6) is 28.9 Å². The second-order valence-electron chi connectivity index (χ2n) is 15.3. The van der Waals surface area contributed by atoms with Crippen molar-refractivity contribution in [3.63, 3.8) is 0 Å². The molecule has 13 nitrogen and oxygen atoms in total. The molecule has 0 bridgehead atoms. The van der Waals surface area contributed by atoms with Crippen LogP contribution in [0, 0.1) is 6.92 Å². The van der Waals surface area contributed by atoms with Crippen LogP contribution in [0.2, 0.25) is 5.02 Å². The van der Waals surface area contributed by atoms with Crippen molar-refractivity contribution in [1.82, 2.24) is 29.7 Å². The Morgan fingerprint density at radius 1 is 0.875 bits per heavy atom. The maximum Gasteiger partial charge on any atom is 0.347 e. The molecule has 4 aromatic carbocycles. The molecule has 330 valence electrons. The van der Waals surface area contributed by atoms with Gasteiger partial charge in [0.15, 0.2) is 5.82 Å². The summed E-state index contributed by atoms with van der Waals surface area (Å²) in [6.45, 7) is 9.35. The van der Waals surface area contributed by atoms with Crippen molar-refractivity contribution in [3.05, 3.63) is 125 Å². The summed E-state index contributed by atoms with van der Waals surface area (Å²) in [5, 5.41) is 11.3. The number of halogens is 1. The Labute approximate surface area is 381 Å². The summed E-state index contributed by atoms with van der Waals surface area (Å²) in [7, 11) is 3.75. The zero-order chi connectivity index (χ0) is 44.6. The van der Waals surface area contributed by atoms with Gasteiger partial charge in [-0.2, -0.15) is 0 Å². The number of esters is 1. The number of hydrogen-bond donors (Lipinski definition) is 1. The molecule has 15 heteroatoms. The van der Waals surface area contributed by atoms with Crippen LogP contribution in [0.15, 0.2) is 104 Å². The number of benzene rings is 4. The molecule has 3 aromatic heterocycles. The average molecular weight is 901 g/mol. The van der Waals surface area contributed by atoms with E-state index in [4.69, 9.17) is 40.3 Å². The van der Waals surface area contributed by atoms with E-state index in [0.717, 1.165) is 65.4 Å². The minimum Gasteiger partial charge on any atom is -0.508 e. The van der Waals surface area contributed by atoms with Gasteiger partial charge < -0.3 is 33.7 Å². The number of ether oxygens (including phenoxy) is 5. The van der Waals surface area contributed by atoms with Gasteiger partial charge in [-0.1, -0.05) is 48.0 Å². The van der Waals surface area contributed by atoms with E-state index in [1.54, 1.807) is 38.4 Å². The molecule has 0 unspecified atom stereocenters. The first-order valence-corrected chi connectivity index (χ1v) is 22.3. The molecule has 7 aromatic rings. The number of methoxy groups -OCH3 is 1. The Morgan fingerprint density at radius 3 is 2.42 bits per heavy atom. The fourth-order valence-corrected chi connectivity index (χ4v) is 8.98. The summed E-state index contributed by atoms with van der Waals surface area (Å²) >= 11 is 8.57. The number of likely N-dealkylation sites (N-methyl/N-ethyl adjacent to an activating group) is 1. The minimum absolute atomic E-state index is 0.103. The molecule has 1 saturated heterocycles. The van der Waals surface area contributed by atoms with E-state index >= 15 is 0 Å². The lowest BCUT2D eigenvalue weighted by Crippen LogP contribution is -2.45. The average Bonchev–Trinajstić information content (AvgIpc) is 3.71. The van der Waals surface area contributed by atoms with Crippen LogP contribution in [0.4, 0.5) is 0 Å². The number of hydrogen-bond acceptors (Lipinski definition) is 14. The fourth-order valence-electron chi connectivity index (χ4n) is 7.61. The highest BCUT2D eigenvalue weighted by Crippen LogP contribution is 2.49. The molecule has 0 aliphatic carbocycles. The molecule has 8 rings (SSSR count). The third-order valence-electron chi connectivity index (χ3n) is 11.1. The Balaban J connectivity index is 1.10. The van der Waals surface area contributed by atoms with Crippen LogP contribution < -0.4 is 18.9 Å². The maximum atomic E-state index is 13.8. The number of fused-ring (bicyclic) bond motifs is 1. The molecule has 1 fully saturated rings. The number of carbonyl (C=O) groups excluding carboxylic acids is 1. The van der Waals surface area contributed by atoms with Gasteiger partial charge in [0.05, 0.1) is 35.4 Å². The van der Waals surface area contributed by atoms with Crippen LogP contribution in [0.3, 0.4) is 0 Å². The molecule has 1 N–H and O–H groups in total. The van der Waals surface area contributed by atoms with E-state index in [2.05, 4.69) is 31.8 Å². The summed E-state index contributed by atoms with van der Waals surface area (Å²) in [5.74, 6) is 2.10. The smallest absolute Gasteiger partial charge is 0.347 e. The molecule has 0 spiro atoms. The number of piperazine rings is 1. The number of aromatic nitrogens is 4. The van der Waals surface area contributed by atoms with Gasteiger partial charge in [0, 0.05) is 55.8 Å². The van der Waals surface area contributed by atoms with Crippen molar-refractivity contribution < 1.29 is 33.6 Å². The molecule has 0 amide bonds. The summed E-state index contributed by atoms with van der Waals surface area (Å²) in [5.41, 5.74) is 5.36. The van der Waals surface area contributed by atoms with Gasteiger partial charge in [-0.25, -0.2) is 24.7 Å². The van der Waals surface area contributed by atoms with Gasteiger partial charge in [-0.05, 0) is 97.7 Å². The molecule has 0 saturated carbocycles. The van der Waals surface area contributed by atoms with Crippen LogP contribution in [0.25, 0.3) is 43.2 Å². The van der Waals surface area contributed by atoms with Crippen molar-refractivity contribution in [2.75, 3.05) is 60.1 Å². The summed E-state index contributed by atoms with van der Waals surface area (Å²) < 4.78 is 30.4. The lowest BCUT2D eigenvalue weighted by molar-refractivity contribution is -0.151. The molecule has 64 heavy (non-hydrogen) atoms. The molecular weight excluding hydrogens is 852 g/mol. The summed E-state index contributed by atoms with van der Waals surface area (Å²) in [6.07, 6.45) is 2.10. The number of para-hydroxylation sites is 2. The van der Waals surface area contributed by atoms with E-state index in [1.165, 1.54) is 17.7 Å². The number of thiophene rings is 1. The largest absolute Gasteiger partial charge is 0.508 e. The lowest BCUT2D eigenvalue weighted by atomic mass is 9.96. The first-order valence-electron chi connectivity index (χ1n) is 21.1. The SMILES string of the molecule is CCOC(=O)[C@@H](Cc1ccccc1OCc1ccnc(-c2ccccc2OC)n1)Oc1ncnc2sc(-c3ccc(O)cc3)c(-c3ccc(OCCN4CCN(C)CC4)c(Cl)c3C)c12. The van der Waals surface area contributed by atoms with Crippen molar-refractivity contribution >= 4 is 39.1 Å². The lowest BCUT2D eigenvalue weighted by Gasteiger charge is -2.32. The quantitative estimate of drug-likeness (QED) is 0.0871. The predicted molar refractivity (Wildman–Crippen MR) is 249 cm³/mol. The van der Waals surface area contributed by atoms with Gasteiger partial charge in [0.25, 0.3) is 0 Å². The first-order chi connectivity index (χ1) is 31.2. The van der Waals surface area contributed by atoms with Crippen LogP contribution >= 0.6 is 22.9 Å². The third-order valence-corrected chi connectivity index (χ3v) is 12.7. The fraction of sp³-hybridized carbons (Fsp3) is 0.286. The van der Waals surface area contributed by atoms with E-state index in [1.807, 2.05) is 79.7 Å². The Morgan fingerprint density at radius 2 is 1.64 bits per heavy atom. The second-order valence-corrected chi connectivity index (χ2v) is 16.7. The van der Waals surface area contributed by atoms with Gasteiger partial charge in [0.1, 0.15) is 47.4 Å². The van der Waals surface area contributed by atoms with Gasteiger partial charge >= 0.3 is 5.97 Å². The standard InChI is InChI=1S/C49H49ClN6O7S/c1-5-60-49(58)41(28-33-10-6-8-12-38(33)62-29-34-20-21-51-46(54-34)37-11-7-9-13-39(37)59-4)63-47-43-42(45(64-48(43)53-30-52-47)32-14-16-35(57)17-15-32)36-18-19-40(44(50)31(36)2)61-27-26-56-24-22-55(3)23-25-56/h6-21,30,41,57H,5,22-29H2,1-4H3/t41-/m1/s1. The zero-order valence-electron chi connectivity index (χ0n) is 36.1. The van der Waals surface area contributed by atoms with Gasteiger partial charge in [-0.15, -0.1) is 11.3 Å². The van der Waals surface area contributed by atoms with Gasteiger partial charge in [-0.3, -0.25) is 4.90 Å². The van der Waals surface area contributed by atoms with Crippen LogP contribution in [-0.4, -0.2) is 107 Å². The van der Waals surface area contributed by atoms with E-state index in [0.29, 0.717) is 56.2 Å². The predicted octanol–water partition coefficient (Wildman–Crippen LogP) is 8.92. The first kappa shape index (κ1) is 44.3. The van der Waals surface area contributed by atoms with E-state index < -0.39 is 12.1 Å². The number of carbonyl (C=O) groups is 1. The van der Waals surface area contributed by atoms with Crippen LogP contribution in [0.1, 0.15) is 23.7 Å². The molecule has 1 aliphatic rings. The number of phenolic OH excluding ortho intramolecular Hbond substituents is 1. The van der Waals surface area contributed by atoms with E-state index in [-0.39, 0.29) is 31.3 Å². The van der Waals surface area contributed by atoms with Crippen molar-refractivity contribution in [1.29, 1.82) is 0 Å².